The van der Waals surface area contributed by atoms with Gasteiger partial charge in [-0.05, 0) is 31.0 Å². The molecule has 2 aliphatic heterocycles. The molecule has 168 valence electrons. The number of nitrogens with zero attached hydrogens (tertiary/aromatic N) is 2. The fourth-order valence-electron chi connectivity index (χ4n) is 3.57. The first-order chi connectivity index (χ1) is 14.6. The van der Waals surface area contributed by atoms with Crippen LogP contribution in [0.4, 0.5) is 17.6 Å². The van der Waals surface area contributed by atoms with E-state index in [0.717, 1.165) is 12.1 Å². The molecule has 2 N–H and O–H groups in total. The molecule has 1 aromatic carbocycles. The number of carbonyl (C=O) groups is 1. The van der Waals surface area contributed by atoms with Gasteiger partial charge in [0.25, 0.3) is 5.91 Å². The number of amides is 1. The van der Waals surface area contributed by atoms with Gasteiger partial charge < -0.3 is 19.9 Å². The number of rotatable bonds is 3. The monoisotopic (exact) mass is 443 g/mol. The van der Waals surface area contributed by atoms with E-state index in [9.17, 15) is 27.5 Å². The first-order valence-electron chi connectivity index (χ1n) is 9.81. The van der Waals surface area contributed by atoms with Crippen molar-refractivity contribution in [3.05, 3.63) is 41.1 Å². The van der Waals surface area contributed by atoms with Gasteiger partial charge in [-0.1, -0.05) is 6.92 Å². The van der Waals surface area contributed by atoms with Crippen LogP contribution >= 0.6 is 0 Å². The molecular formula is C20H21F4N3O4. The molecule has 2 aromatic rings. The van der Waals surface area contributed by atoms with Crippen LogP contribution in [0.15, 0.2) is 24.3 Å². The minimum absolute atomic E-state index is 0.0107. The minimum Gasteiger partial charge on any atom is -0.491 e. The van der Waals surface area contributed by atoms with Crippen LogP contribution in [0.2, 0.25) is 0 Å². The van der Waals surface area contributed by atoms with Gasteiger partial charge in [-0.25, -0.2) is 9.07 Å². The van der Waals surface area contributed by atoms with Gasteiger partial charge in [0.05, 0.1) is 11.6 Å². The highest BCUT2D eigenvalue weighted by atomic mass is 19.4. The minimum atomic E-state index is -4.62. The van der Waals surface area contributed by atoms with Crippen LogP contribution < -0.4 is 14.8 Å². The first-order valence-corrected chi connectivity index (χ1v) is 9.81. The lowest BCUT2D eigenvalue weighted by Gasteiger charge is -2.29. The Bertz CT molecular complexity index is 966. The molecule has 0 bridgehead atoms. The normalized spacial score (nSPS) is 25.5. The number of fused-ring (bicyclic) bond motifs is 2. The van der Waals surface area contributed by atoms with Crippen molar-refractivity contribution in [3.63, 3.8) is 0 Å². The number of nitrogens with one attached hydrogen (secondary N) is 1. The Hall–Kier alpha value is -2.82. The number of aliphatic hydroxyl groups is 1. The van der Waals surface area contributed by atoms with Crippen molar-refractivity contribution >= 4 is 5.91 Å². The van der Waals surface area contributed by atoms with E-state index in [1.54, 1.807) is 0 Å². The molecule has 1 amide bonds. The molecule has 3 heterocycles. The molecule has 2 unspecified atom stereocenters. The highest BCUT2D eigenvalue weighted by molar-refractivity contribution is 5.92. The van der Waals surface area contributed by atoms with Crippen LogP contribution in [-0.2, 0) is 12.7 Å². The highest BCUT2D eigenvalue weighted by Gasteiger charge is 2.37. The number of benzene rings is 1. The molecule has 0 saturated heterocycles. The smallest absolute Gasteiger partial charge is 0.416 e. The quantitative estimate of drug-likeness (QED) is 0.713. The summed E-state index contributed by atoms with van der Waals surface area (Å²) in [5.74, 6) is -0.399. The molecule has 0 saturated carbocycles. The van der Waals surface area contributed by atoms with E-state index in [1.165, 1.54) is 10.7 Å². The van der Waals surface area contributed by atoms with Gasteiger partial charge >= 0.3 is 6.18 Å². The second-order valence-electron chi connectivity index (χ2n) is 7.75. The van der Waals surface area contributed by atoms with E-state index in [2.05, 4.69) is 10.4 Å². The molecule has 1 aromatic heterocycles. The number of alkyl halides is 4. The molecule has 0 aliphatic carbocycles. The SMILES string of the molecule is CCC1(O)CCn2nc(C(=O)N[C@H]3COc4ccc(C(F)(F)F)cc4C3F)cc2OC1. The maximum absolute atomic E-state index is 14.9. The fourth-order valence-corrected chi connectivity index (χ4v) is 3.57. The Morgan fingerprint density at radius 2 is 2.13 bits per heavy atom. The van der Waals surface area contributed by atoms with Crippen molar-refractivity contribution in [2.24, 2.45) is 0 Å². The number of hydrogen-bond donors (Lipinski definition) is 2. The van der Waals surface area contributed by atoms with Crippen molar-refractivity contribution in [1.82, 2.24) is 15.1 Å². The third kappa shape index (κ3) is 4.18. The maximum atomic E-state index is 14.9. The van der Waals surface area contributed by atoms with Crippen LogP contribution in [0.5, 0.6) is 11.6 Å². The zero-order valence-corrected chi connectivity index (χ0v) is 16.6. The van der Waals surface area contributed by atoms with Crippen molar-refractivity contribution < 1.29 is 36.9 Å². The molecule has 2 aliphatic rings. The summed E-state index contributed by atoms with van der Waals surface area (Å²) < 4.78 is 66.2. The summed E-state index contributed by atoms with van der Waals surface area (Å²) >= 11 is 0. The molecule has 0 spiro atoms. The molecule has 0 radical (unpaired) electrons. The molecular weight excluding hydrogens is 422 g/mol. The van der Waals surface area contributed by atoms with Crippen LogP contribution in [0, 0.1) is 0 Å². The summed E-state index contributed by atoms with van der Waals surface area (Å²) in [5.41, 5.74) is -2.27. The van der Waals surface area contributed by atoms with Crippen molar-refractivity contribution in [1.29, 1.82) is 0 Å². The summed E-state index contributed by atoms with van der Waals surface area (Å²) in [5, 5.41) is 16.9. The average Bonchev–Trinajstić information content (AvgIpc) is 3.08. The van der Waals surface area contributed by atoms with Gasteiger partial charge in [-0.15, -0.1) is 0 Å². The first kappa shape index (κ1) is 21.4. The lowest BCUT2D eigenvalue weighted by Crippen LogP contribution is -2.44. The fraction of sp³-hybridized carbons (Fsp3) is 0.500. The number of hydrogen-bond acceptors (Lipinski definition) is 5. The van der Waals surface area contributed by atoms with E-state index >= 15 is 0 Å². The number of ether oxygens (including phenoxy) is 2. The van der Waals surface area contributed by atoms with Crippen LogP contribution in [0.3, 0.4) is 0 Å². The Morgan fingerprint density at radius 3 is 2.84 bits per heavy atom. The van der Waals surface area contributed by atoms with E-state index < -0.39 is 35.5 Å². The van der Waals surface area contributed by atoms with Crippen molar-refractivity contribution in [3.8, 4) is 11.6 Å². The Balaban J connectivity index is 1.48. The molecule has 31 heavy (non-hydrogen) atoms. The summed E-state index contributed by atoms with van der Waals surface area (Å²) in [4.78, 5) is 12.6. The highest BCUT2D eigenvalue weighted by Crippen LogP contribution is 2.39. The zero-order chi connectivity index (χ0) is 22.4. The zero-order valence-electron chi connectivity index (χ0n) is 16.6. The molecule has 3 atom stereocenters. The lowest BCUT2D eigenvalue weighted by molar-refractivity contribution is -0.137. The molecule has 7 nitrogen and oxygen atoms in total. The molecule has 11 heteroatoms. The molecule has 0 fully saturated rings. The predicted octanol–water partition coefficient (Wildman–Crippen LogP) is 3.03. The van der Waals surface area contributed by atoms with E-state index in [4.69, 9.17) is 9.47 Å². The van der Waals surface area contributed by atoms with E-state index in [0.29, 0.717) is 31.3 Å². The van der Waals surface area contributed by atoms with Crippen molar-refractivity contribution in [2.45, 2.75) is 50.3 Å². The second-order valence-corrected chi connectivity index (χ2v) is 7.75. The Kier molecular flexibility index (Phi) is 5.32. The largest absolute Gasteiger partial charge is 0.491 e. The number of halogens is 4. The second kappa shape index (κ2) is 7.70. The topological polar surface area (TPSA) is 85.6 Å². The van der Waals surface area contributed by atoms with E-state index in [1.807, 2.05) is 6.92 Å². The predicted molar refractivity (Wildman–Crippen MR) is 99.6 cm³/mol. The maximum Gasteiger partial charge on any atom is 0.416 e. The Labute approximate surface area is 174 Å². The number of carbonyl (C=O) groups excluding carboxylic acids is 1. The van der Waals surface area contributed by atoms with Crippen molar-refractivity contribution in [2.75, 3.05) is 13.2 Å². The summed E-state index contributed by atoms with van der Waals surface area (Å²) in [6.07, 6.45) is -5.61. The average molecular weight is 443 g/mol. The van der Waals surface area contributed by atoms with Crippen LogP contribution in [0.25, 0.3) is 0 Å². The van der Waals surface area contributed by atoms with Gasteiger partial charge in [0.15, 0.2) is 11.9 Å². The van der Waals surface area contributed by atoms with E-state index in [-0.39, 0.29) is 30.2 Å². The number of aryl methyl sites for hydroxylation is 1. The van der Waals surface area contributed by atoms with Gasteiger partial charge in [-0.2, -0.15) is 18.3 Å². The third-order valence-electron chi connectivity index (χ3n) is 5.63. The van der Waals surface area contributed by atoms with Gasteiger partial charge in [-0.3, -0.25) is 4.79 Å². The van der Waals surface area contributed by atoms with Crippen LogP contribution in [0.1, 0.15) is 47.6 Å². The van der Waals surface area contributed by atoms with Gasteiger partial charge in [0, 0.05) is 18.2 Å². The lowest BCUT2D eigenvalue weighted by atomic mass is 9.98. The van der Waals surface area contributed by atoms with Crippen LogP contribution in [-0.4, -0.2) is 45.7 Å². The Morgan fingerprint density at radius 1 is 1.35 bits per heavy atom. The standard InChI is InChI=1S/C20H21F4N3O4/c1-2-19(29)5-6-27-16(31-10-19)8-13(26-27)18(28)25-14-9-30-15-4-3-11(20(22,23)24)7-12(15)17(14)21/h3-4,7-8,14,17,29H,2,5-6,9-10H2,1H3,(H,25,28)/t14-,17?,19?/m0/s1. The molecule has 4 rings (SSSR count). The summed E-state index contributed by atoms with van der Waals surface area (Å²) in [7, 11) is 0. The van der Waals surface area contributed by atoms with Gasteiger partial charge in [0.2, 0.25) is 5.88 Å². The third-order valence-corrected chi connectivity index (χ3v) is 5.63. The summed E-state index contributed by atoms with van der Waals surface area (Å²) in [6, 6.07) is 2.78. The number of aromatic nitrogens is 2. The summed E-state index contributed by atoms with van der Waals surface area (Å²) in [6.45, 7) is 1.99. The van der Waals surface area contributed by atoms with Gasteiger partial charge in [0.1, 0.15) is 24.6 Å².